The number of pyridine rings is 1. The zero-order valence-corrected chi connectivity index (χ0v) is 15.1. The van der Waals surface area contributed by atoms with Crippen LogP contribution in [-0.4, -0.2) is 21.5 Å². The molecule has 0 bridgehead atoms. The van der Waals surface area contributed by atoms with Crippen molar-refractivity contribution >= 4 is 27.4 Å². The molecule has 1 N–H and O–H groups in total. The molecule has 132 valence electrons. The maximum atomic E-state index is 13.8. The molecule has 0 aliphatic rings. The van der Waals surface area contributed by atoms with Crippen molar-refractivity contribution < 1.29 is 8.60 Å². The van der Waals surface area contributed by atoms with Crippen molar-refractivity contribution in [3.8, 4) is 6.07 Å². The molecule has 1 unspecified atom stereocenters. The average molecular weight is 367 g/mol. The number of anilines is 1. The Kier molecular flexibility index (Phi) is 5.59. The van der Waals surface area contributed by atoms with E-state index < -0.39 is 10.8 Å². The minimum Gasteiger partial charge on any atom is -0.382 e. The third-order valence-corrected chi connectivity index (χ3v) is 5.36. The van der Waals surface area contributed by atoms with Crippen LogP contribution in [0.4, 0.5) is 10.1 Å². The molecule has 6 heteroatoms. The molecule has 2 aromatic carbocycles. The Hall–Kier alpha value is -2.78. The fourth-order valence-corrected chi connectivity index (χ4v) is 3.87. The summed E-state index contributed by atoms with van der Waals surface area (Å²) in [5.41, 5.74) is 3.27. The predicted octanol–water partition coefficient (Wildman–Crippen LogP) is 3.91. The number of fused-ring (bicyclic) bond motifs is 1. The number of nitrogens with one attached hydrogen (secondary N) is 1. The van der Waals surface area contributed by atoms with Crippen molar-refractivity contribution in [1.82, 2.24) is 4.98 Å². The quantitative estimate of drug-likeness (QED) is 0.717. The van der Waals surface area contributed by atoms with E-state index in [9.17, 15) is 13.9 Å². The van der Waals surface area contributed by atoms with E-state index in [2.05, 4.69) is 16.4 Å². The molecule has 0 saturated carbocycles. The Bertz CT molecular complexity index is 999. The number of nitrogens with zero attached hydrogens (tertiary/aromatic N) is 2. The number of rotatable bonds is 6. The Morgan fingerprint density at radius 3 is 2.77 bits per heavy atom. The molecule has 0 fully saturated rings. The normalized spacial score (nSPS) is 11.9. The van der Waals surface area contributed by atoms with Gasteiger partial charge in [-0.3, -0.25) is 9.19 Å². The van der Waals surface area contributed by atoms with Gasteiger partial charge in [0.1, 0.15) is 11.9 Å². The molecule has 3 aromatic rings. The highest BCUT2D eigenvalue weighted by molar-refractivity contribution is 7.84. The van der Waals surface area contributed by atoms with E-state index in [1.165, 1.54) is 18.3 Å². The summed E-state index contributed by atoms with van der Waals surface area (Å²) in [4.78, 5) is 4.26. The first kappa shape index (κ1) is 18.0. The fraction of sp³-hybridized carbons (Fsp3) is 0.200. The van der Waals surface area contributed by atoms with Crippen molar-refractivity contribution in [2.24, 2.45) is 0 Å². The Balaban J connectivity index is 1.76. The fourth-order valence-electron chi connectivity index (χ4n) is 2.83. The zero-order chi connectivity index (χ0) is 18.5. The monoisotopic (exact) mass is 367 g/mol. The summed E-state index contributed by atoms with van der Waals surface area (Å²) < 4.78 is 26.1. The summed E-state index contributed by atoms with van der Waals surface area (Å²) in [6.45, 7) is 2.20. The third kappa shape index (κ3) is 4.06. The van der Waals surface area contributed by atoms with Crippen LogP contribution < -0.4 is 5.32 Å². The van der Waals surface area contributed by atoms with Crippen molar-refractivity contribution in [3.05, 3.63) is 71.2 Å². The highest BCUT2D eigenvalue weighted by Crippen LogP contribution is 2.28. The number of hydrogen-bond donors (Lipinski definition) is 1. The molecular formula is C20H18FN3OS. The molecule has 1 heterocycles. The molecule has 0 aliphatic heterocycles. The van der Waals surface area contributed by atoms with Crippen molar-refractivity contribution in [2.75, 3.05) is 17.6 Å². The highest BCUT2D eigenvalue weighted by Gasteiger charge is 2.12. The topological polar surface area (TPSA) is 65.8 Å². The molecule has 1 atom stereocenters. The van der Waals surface area contributed by atoms with Crippen molar-refractivity contribution in [2.45, 2.75) is 12.7 Å². The van der Waals surface area contributed by atoms with Crippen LogP contribution in [0.2, 0.25) is 0 Å². The lowest BCUT2D eigenvalue weighted by Crippen LogP contribution is -2.13. The van der Waals surface area contributed by atoms with E-state index in [0.29, 0.717) is 45.8 Å². The van der Waals surface area contributed by atoms with E-state index in [1.807, 2.05) is 30.3 Å². The molecule has 0 aliphatic carbocycles. The second-order valence-corrected chi connectivity index (χ2v) is 7.55. The standard InChI is InChI=1S/C20H18FN3OS/c1-14-9-17(21)10-18-19(14)24-12-16(11-22)20(18)23-7-8-26(25)13-15-5-3-2-4-6-15/h2-6,9-10,12H,7-8,13H2,1H3,(H,23,24). The van der Waals surface area contributed by atoms with Gasteiger partial charge in [0.05, 0.1) is 16.8 Å². The van der Waals surface area contributed by atoms with Crippen LogP contribution in [0.5, 0.6) is 0 Å². The second-order valence-electron chi connectivity index (χ2n) is 5.98. The first-order valence-electron chi connectivity index (χ1n) is 8.20. The number of hydrogen-bond acceptors (Lipinski definition) is 4. The van der Waals surface area contributed by atoms with E-state index in [1.54, 1.807) is 6.92 Å². The Labute approximate surface area is 154 Å². The van der Waals surface area contributed by atoms with Gasteiger partial charge in [-0.05, 0) is 30.2 Å². The maximum Gasteiger partial charge on any atom is 0.124 e. The van der Waals surface area contributed by atoms with Gasteiger partial charge in [-0.15, -0.1) is 0 Å². The van der Waals surface area contributed by atoms with E-state index in [4.69, 9.17) is 0 Å². The van der Waals surface area contributed by atoms with Crippen LogP contribution in [0.1, 0.15) is 16.7 Å². The van der Waals surface area contributed by atoms with E-state index >= 15 is 0 Å². The first-order valence-corrected chi connectivity index (χ1v) is 9.69. The van der Waals surface area contributed by atoms with Gasteiger partial charge in [-0.2, -0.15) is 5.26 Å². The van der Waals surface area contributed by atoms with Crippen LogP contribution in [0, 0.1) is 24.1 Å². The van der Waals surface area contributed by atoms with Gasteiger partial charge in [-0.1, -0.05) is 30.3 Å². The first-order chi connectivity index (χ1) is 12.6. The molecule has 1 aromatic heterocycles. The lowest BCUT2D eigenvalue weighted by molar-refractivity contribution is 0.628. The molecule has 0 spiro atoms. The van der Waals surface area contributed by atoms with Gasteiger partial charge < -0.3 is 5.32 Å². The number of aryl methyl sites for hydroxylation is 1. The predicted molar refractivity (Wildman–Crippen MR) is 103 cm³/mol. The van der Waals surface area contributed by atoms with Crippen LogP contribution in [0.3, 0.4) is 0 Å². The van der Waals surface area contributed by atoms with E-state index in [-0.39, 0.29) is 5.82 Å². The number of benzene rings is 2. The molecule has 0 radical (unpaired) electrons. The highest BCUT2D eigenvalue weighted by atomic mass is 32.2. The lowest BCUT2D eigenvalue weighted by Gasteiger charge is -2.12. The SMILES string of the molecule is Cc1cc(F)cc2c(NCCS(=O)Cc3ccccc3)c(C#N)cnc12. The number of halogens is 1. The Morgan fingerprint density at radius 2 is 2.04 bits per heavy atom. The molecule has 3 rings (SSSR count). The second kappa shape index (κ2) is 8.07. The summed E-state index contributed by atoms with van der Waals surface area (Å²) >= 11 is 0. The van der Waals surface area contributed by atoms with Crippen LogP contribution in [-0.2, 0) is 16.6 Å². The summed E-state index contributed by atoms with van der Waals surface area (Å²) in [5, 5.41) is 13.1. The minimum absolute atomic E-state index is 0.344. The largest absolute Gasteiger partial charge is 0.382 e. The van der Waals surface area contributed by atoms with Crippen LogP contribution in [0.25, 0.3) is 10.9 Å². The lowest BCUT2D eigenvalue weighted by atomic mass is 10.1. The number of aromatic nitrogens is 1. The van der Waals surface area contributed by atoms with Gasteiger partial charge in [0.25, 0.3) is 0 Å². The van der Waals surface area contributed by atoms with Gasteiger partial charge >= 0.3 is 0 Å². The van der Waals surface area contributed by atoms with Crippen LogP contribution >= 0.6 is 0 Å². The van der Waals surface area contributed by atoms with Gasteiger partial charge in [0.15, 0.2) is 0 Å². The van der Waals surface area contributed by atoms with Crippen molar-refractivity contribution in [1.29, 1.82) is 5.26 Å². The number of nitriles is 1. The molecule has 0 amide bonds. The Morgan fingerprint density at radius 1 is 1.27 bits per heavy atom. The van der Waals surface area contributed by atoms with Gasteiger partial charge in [0.2, 0.25) is 0 Å². The zero-order valence-electron chi connectivity index (χ0n) is 14.3. The van der Waals surface area contributed by atoms with Gasteiger partial charge in [0, 0.05) is 40.4 Å². The molecular weight excluding hydrogens is 349 g/mol. The van der Waals surface area contributed by atoms with Crippen molar-refractivity contribution in [3.63, 3.8) is 0 Å². The average Bonchev–Trinajstić information content (AvgIpc) is 2.62. The minimum atomic E-state index is -1.03. The summed E-state index contributed by atoms with van der Waals surface area (Å²) in [5.74, 6) is 0.540. The molecule has 4 nitrogen and oxygen atoms in total. The third-order valence-electron chi connectivity index (χ3n) is 4.05. The molecule has 0 saturated heterocycles. The maximum absolute atomic E-state index is 13.8. The smallest absolute Gasteiger partial charge is 0.124 e. The summed E-state index contributed by atoms with van der Waals surface area (Å²) in [6.07, 6.45) is 1.48. The summed E-state index contributed by atoms with van der Waals surface area (Å²) in [7, 11) is -1.03. The van der Waals surface area contributed by atoms with Gasteiger partial charge in [-0.25, -0.2) is 4.39 Å². The van der Waals surface area contributed by atoms with Crippen LogP contribution in [0.15, 0.2) is 48.7 Å². The molecule has 26 heavy (non-hydrogen) atoms. The van der Waals surface area contributed by atoms with E-state index in [0.717, 1.165) is 5.56 Å². The summed E-state index contributed by atoms with van der Waals surface area (Å²) in [6, 6.07) is 14.5.